The number of hydrogen-bond acceptors (Lipinski definition) is 2. The van der Waals surface area contributed by atoms with Gasteiger partial charge in [0.1, 0.15) is 0 Å². The summed E-state index contributed by atoms with van der Waals surface area (Å²) in [6.45, 7) is 0. The Hall–Kier alpha value is -3.92. The van der Waals surface area contributed by atoms with Crippen molar-refractivity contribution >= 4 is 44.3 Å². The minimum Gasteiger partial charge on any atom is -0.481 e. The van der Waals surface area contributed by atoms with Gasteiger partial charge in [-0.15, -0.1) is 0 Å². The maximum atomic E-state index is 12.2. The molecule has 5 aromatic carbocycles. The quantitative estimate of drug-likeness (QED) is 0.360. The van der Waals surface area contributed by atoms with Gasteiger partial charge in [-0.1, -0.05) is 66.7 Å². The fourth-order valence-corrected chi connectivity index (χ4v) is 4.47. The molecule has 0 fully saturated rings. The fourth-order valence-electron chi connectivity index (χ4n) is 4.47. The summed E-state index contributed by atoms with van der Waals surface area (Å²) in [5.41, 5.74) is 2.84. The number of carboxylic acids is 2. The van der Waals surface area contributed by atoms with Gasteiger partial charge < -0.3 is 10.2 Å². The molecule has 0 bridgehead atoms. The number of aromatic carboxylic acids is 1. The molecule has 0 saturated carbocycles. The smallest absolute Gasteiger partial charge is 0.336 e. The number of aliphatic carboxylic acids is 1. The molecule has 0 aliphatic carbocycles. The minimum absolute atomic E-state index is 0.0225. The first-order valence-corrected chi connectivity index (χ1v) is 9.78. The summed E-state index contributed by atoms with van der Waals surface area (Å²) in [6.07, 6.45) is 0.407. The van der Waals surface area contributed by atoms with Crippen LogP contribution in [0.2, 0.25) is 0 Å². The lowest BCUT2D eigenvalue weighted by atomic mass is 9.86. The Morgan fingerprint density at radius 3 is 2.10 bits per heavy atom. The highest BCUT2D eigenvalue weighted by Crippen LogP contribution is 2.41. The molecule has 0 aliphatic rings. The van der Waals surface area contributed by atoms with Gasteiger partial charge in [0.05, 0.1) is 5.56 Å². The van der Waals surface area contributed by atoms with Crippen LogP contribution in [0, 0.1) is 0 Å². The zero-order valence-corrected chi connectivity index (χ0v) is 16.1. The number of hydrogen-bond donors (Lipinski definition) is 2. The lowest BCUT2D eigenvalue weighted by Crippen LogP contribution is -2.02. The van der Waals surface area contributed by atoms with E-state index in [0.29, 0.717) is 11.8 Å². The summed E-state index contributed by atoms with van der Waals surface area (Å²) < 4.78 is 0. The van der Waals surface area contributed by atoms with Gasteiger partial charge in [0.15, 0.2) is 0 Å². The van der Waals surface area contributed by atoms with Crippen molar-refractivity contribution in [1.29, 1.82) is 0 Å². The van der Waals surface area contributed by atoms with Crippen molar-refractivity contribution in [2.45, 2.75) is 12.8 Å². The van der Waals surface area contributed by atoms with Gasteiger partial charge in [-0.25, -0.2) is 4.79 Å². The van der Waals surface area contributed by atoms with E-state index in [9.17, 15) is 14.7 Å². The summed E-state index contributed by atoms with van der Waals surface area (Å²) in [5.74, 6) is -1.83. The highest BCUT2D eigenvalue weighted by molar-refractivity contribution is 6.28. The molecule has 0 unspecified atom stereocenters. The van der Waals surface area contributed by atoms with Crippen molar-refractivity contribution in [1.82, 2.24) is 0 Å². The van der Waals surface area contributed by atoms with Gasteiger partial charge in [-0.3, -0.25) is 4.79 Å². The van der Waals surface area contributed by atoms with Crippen LogP contribution in [0.1, 0.15) is 22.3 Å². The van der Waals surface area contributed by atoms with Crippen molar-refractivity contribution in [2.75, 3.05) is 0 Å². The molecule has 0 aromatic heterocycles. The molecule has 0 saturated heterocycles. The molecular weight excluding hydrogens is 376 g/mol. The van der Waals surface area contributed by atoms with Crippen LogP contribution in [0.5, 0.6) is 0 Å². The monoisotopic (exact) mass is 394 g/mol. The highest BCUT2D eigenvalue weighted by Gasteiger charge is 2.19. The molecule has 0 heterocycles. The Balaban J connectivity index is 1.90. The first-order chi connectivity index (χ1) is 14.5. The second-order valence-corrected chi connectivity index (χ2v) is 7.51. The molecule has 0 amide bonds. The molecule has 0 radical (unpaired) electrons. The Bertz CT molecular complexity index is 1430. The second-order valence-electron chi connectivity index (χ2n) is 7.51. The molecule has 4 nitrogen and oxygen atoms in total. The van der Waals surface area contributed by atoms with Crippen LogP contribution in [0.4, 0.5) is 0 Å². The molecule has 0 spiro atoms. The van der Waals surface area contributed by atoms with Gasteiger partial charge >= 0.3 is 11.9 Å². The van der Waals surface area contributed by atoms with Crippen LogP contribution < -0.4 is 0 Å². The molecule has 5 aromatic rings. The van der Waals surface area contributed by atoms with Gasteiger partial charge in [-0.2, -0.15) is 0 Å². The highest BCUT2D eigenvalue weighted by atomic mass is 16.4. The standard InChI is InChI=1S/C26H18O4/c27-23(28)13-10-15-4-1-2-7-18(15)21-14-22(26(29)30)20-12-9-17-6-3-5-16-8-11-19(21)25(20)24(16)17/h1-9,11-12,14H,10,13H2,(H,27,28)(H,29,30). The molecule has 146 valence electrons. The van der Waals surface area contributed by atoms with Crippen LogP contribution in [-0.4, -0.2) is 22.2 Å². The van der Waals surface area contributed by atoms with Crippen molar-refractivity contribution in [3.63, 3.8) is 0 Å². The van der Waals surface area contributed by atoms with E-state index in [1.165, 1.54) is 0 Å². The Kier molecular flexibility index (Phi) is 4.14. The number of carboxylic acid groups (broad SMARTS) is 2. The summed E-state index contributed by atoms with van der Waals surface area (Å²) in [4.78, 5) is 23.3. The molecule has 2 N–H and O–H groups in total. The molecule has 4 heteroatoms. The number of carbonyl (C=O) groups is 2. The average Bonchev–Trinajstić information content (AvgIpc) is 2.75. The van der Waals surface area contributed by atoms with E-state index in [4.69, 9.17) is 5.11 Å². The fraction of sp³-hybridized carbons (Fsp3) is 0.0769. The van der Waals surface area contributed by atoms with E-state index in [0.717, 1.165) is 43.6 Å². The molecule has 0 atom stereocenters. The van der Waals surface area contributed by atoms with Gasteiger partial charge in [0.2, 0.25) is 0 Å². The molecule has 30 heavy (non-hydrogen) atoms. The van der Waals surface area contributed by atoms with Crippen LogP contribution in [0.3, 0.4) is 0 Å². The third kappa shape index (κ3) is 2.77. The summed E-state index contributed by atoms with van der Waals surface area (Å²) >= 11 is 0. The largest absolute Gasteiger partial charge is 0.481 e. The number of benzene rings is 5. The Labute approximate surface area is 172 Å². The van der Waals surface area contributed by atoms with Crippen LogP contribution >= 0.6 is 0 Å². The maximum Gasteiger partial charge on any atom is 0.336 e. The van der Waals surface area contributed by atoms with Gasteiger partial charge in [0, 0.05) is 6.42 Å². The van der Waals surface area contributed by atoms with E-state index in [-0.39, 0.29) is 12.0 Å². The third-order valence-electron chi connectivity index (χ3n) is 5.79. The number of aryl methyl sites for hydroxylation is 1. The van der Waals surface area contributed by atoms with E-state index < -0.39 is 11.9 Å². The minimum atomic E-state index is -0.975. The Morgan fingerprint density at radius 1 is 0.700 bits per heavy atom. The van der Waals surface area contributed by atoms with Gasteiger partial charge in [-0.05, 0) is 61.5 Å². The summed E-state index contributed by atoms with van der Waals surface area (Å²) in [6, 6.07) is 23.4. The van der Waals surface area contributed by atoms with Crippen LogP contribution in [0.15, 0.2) is 72.8 Å². The number of rotatable bonds is 5. The average molecular weight is 394 g/mol. The lowest BCUT2D eigenvalue weighted by molar-refractivity contribution is -0.136. The lowest BCUT2D eigenvalue weighted by Gasteiger charge is -2.18. The van der Waals surface area contributed by atoms with E-state index >= 15 is 0 Å². The normalized spacial score (nSPS) is 11.5. The van der Waals surface area contributed by atoms with Crippen molar-refractivity contribution in [3.8, 4) is 11.1 Å². The van der Waals surface area contributed by atoms with Crippen molar-refractivity contribution in [3.05, 3.63) is 83.9 Å². The molecule has 5 rings (SSSR count). The van der Waals surface area contributed by atoms with E-state index in [2.05, 4.69) is 6.07 Å². The van der Waals surface area contributed by atoms with Crippen molar-refractivity contribution < 1.29 is 19.8 Å². The zero-order valence-electron chi connectivity index (χ0n) is 16.1. The zero-order chi connectivity index (χ0) is 20.8. The first-order valence-electron chi connectivity index (χ1n) is 9.78. The van der Waals surface area contributed by atoms with E-state index in [1.54, 1.807) is 6.07 Å². The Morgan fingerprint density at radius 2 is 1.40 bits per heavy atom. The summed E-state index contributed by atoms with van der Waals surface area (Å²) in [5, 5.41) is 24.9. The molecular formula is C26H18O4. The topological polar surface area (TPSA) is 74.6 Å². The van der Waals surface area contributed by atoms with E-state index in [1.807, 2.05) is 60.7 Å². The third-order valence-corrected chi connectivity index (χ3v) is 5.79. The second kappa shape index (κ2) is 6.85. The van der Waals surface area contributed by atoms with Crippen LogP contribution in [0.25, 0.3) is 43.4 Å². The van der Waals surface area contributed by atoms with Crippen LogP contribution in [-0.2, 0) is 11.2 Å². The molecule has 0 aliphatic heterocycles. The summed E-state index contributed by atoms with van der Waals surface area (Å²) in [7, 11) is 0. The maximum absolute atomic E-state index is 12.2. The van der Waals surface area contributed by atoms with Crippen molar-refractivity contribution in [2.24, 2.45) is 0 Å². The predicted octanol–water partition coefficient (Wildman–Crippen LogP) is 5.97. The SMILES string of the molecule is O=C(O)CCc1ccccc1-c1cc(C(=O)O)c2ccc3cccc4ccc1c2c34. The van der Waals surface area contributed by atoms with Gasteiger partial charge in [0.25, 0.3) is 0 Å². The predicted molar refractivity (Wildman–Crippen MR) is 118 cm³/mol. The first kappa shape index (κ1) is 18.1.